The van der Waals surface area contributed by atoms with Crippen LogP contribution in [0.25, 0.3) is 11.1 Å². The lowest BCUT2D eigenvalue weighted by Crippen LogP contribution is -2.13. The number of halogens is 2. The normalized spacial score (nSPS) is 11.7. The van der Waals surface area contributed by atoms with Gasteiger partial charge in [-0.1, -0.05) is 23.2 Å². The van der Waals surface area contributed by atoms with Crippen LogP contribution in [0.3, 0.4) is 0 Å². The summed E-state index contributed by atoms with van der Waals surface area (Å²) in [5, 5.41) is 0.447. The highest BCUT2D eigenvalue weighted by atomic mass is 35.5. The summed E-state index contributed by atoms with van der Waals surface area (Å²) in [6.45, 7) is 0. The Morgan fingerprint density at radius 1 is 1.09 bits per heavy atom. The third-order valence-corrected chi connectivity index (χ3v) is 4.96. The Hall–Kier alpha value is -1.96. The largest absolute Gasteiger partial charge is 0.417 e. The van der Waals surface area contributed by atoms with Crippen molar-refractivity contribution < 1.29 is 12.8 Å². The molecule has 0 saturated carbocycles. The van der Waals surface area contributed by atoms with Gasteiger partial charge in [0.2, 0.25) is 0 Å². The lowest BCUT2D eigenvalue weighted by molar-refractivity contribution is 0.554. The quantitative estimate of drug-likeness (QED) is 0.751. The molecular formula is C13H8Cl2N2O4S. The maximum atomic E-state index is 12.4. The Morgan fingerprint density at radius 2 is 1.77 bits per heavy atom. The van der Waals surface area contributed by atoms with Crippen LogP contribution >= 0.6 is 23.2 Å². The molecule has 1 aromatic heterocycles. The van der Waals surface area contributed by atoms with Gasteiger partial charge in [0.15, 0.2) is 5.58 Å². The Kier molecular flexibility index (Phi) is 3.64. The number of hydrogen-bond acceptors (Lipinski definition) is 4. The van der Waals surface area contributed by atoms with E-state index in [1.165, 1.54) is 24.3 Å². The highest BCUT2D eigenvalue weighted by Crippen LogP contribution is 2.28. The van der Waals surface area contributed by atoms with Gasteiger partial charge in [0.25, 0.3) is 10.0 Å². The number of sulfonamides is 1. The predicted molar refractivity (Wildman–Crippen MR) is 84.1 cm³/mol. The van der Waals surface area contributed by atoms with Crippen LogP contribution in [0.1, 0.15) is 0 Å². The second kappa shape index (κ2) is 5.35. The minimum atomic E-state index is -3.94. The van der Waals surface area contributed by atoms with Gasteiger partial charge in [0.05, 0.1) is 10.5 Å². The van der Waals surface area contributed by atoms with Gasteiger partial charge < -0.3 is 4.42 Å². The average Bonchev–Trinajstić information content (AvgIpc) is 2.79. The molecule has 1 heterocycles. The van der Waals surface area contributed by atoms with E-state index < -0.39 is 15.8 Å². The van der Waals surface area contributed by atoms with E-state index in [1.54, 1.807) is 12.1 Å². The number of rotatable bonds is 3. The molecule has 2 N–H and O–H groups in total. The number of aromatic amines is 1. The Morgan fingerprint density at radius 3 is 2.45 bits per heavy atom. The van der Waals surface area contributed by atoms with Gasteiger partial charge in [-0.3, -0.25) is 9.71 Å². The molecule has 0 atom stereocenters. The minimum absolute atomic E-state index is 0.0361. The first-order valence-electron chi connectivity index (χ1n) is 5.96. The van der Waals surface area contributed by atoms with E-state index in [1.807, 2.05) is 0 Å². The van der Waals surface area contributed by atoms with Crippen LogP contribution in [0.2, 0.25) is 10.0 Å². The molecule has 0 fully saturated rings. The number of anilines is 1. The first kappa shape index (κ1) is 15.0. The van der Waals surface area contributed by atoms with Crippen molar-refractivity contribution in [3.63, 3.8) is 0 Å². The highest BCUT2D eigenvalue weighted by Gasteiger charge is 2.20. The van der Waals surface area contributed by atoms with Gasteiger partial charge in [-0.25, -0.2) is 13.2 Å². The molecule has 0 aliphatic heterocycles. The molecule has 0 aliphatic rings. The molecule has 22 heavy (non-hydrogen) atoms. The van der Waals surface area contributed by atoms with Crippen LogP contribution in [-0.2, 0) is 10.0 Å². The molecular weight excluding hydrogens is 351 g/mol. The highest BCUT2D eigenvalue weighted by molar-refractivity contribution is 7.92. The van der Waals surface area contributed by atoms with E-state index in [0.29, 0.717) is 16.2 Å². The number of H-pyrrole nitrogens is 1. The number of benzene rings is 2. The Bertz CT molecular complexity index is 1010. The van der Waals surface area contributed by atoms with E-state index in [0.717, 1.165) is 0 Å². The molecule has 0 radical (unpaired) electrons. The molecule has 0 aliphatic carbocycles. The number of aromatic nitrogens is 1. The zero-order valence-electron chi connectivity index (χ0n) is 10.8. The fourth-order valence-electron chi connectivity index (χ4n) is 1.89. The Labute approximate surface area is 134 Å². The van der Waals surface area contributed by atoms with Gasteiger partial charge in [-0.05, 0) is 30.3 Å². The number of fused-ring (bicyclic) bond motifs is 1. The monoisotopic (exact) mass is 358 g/mol. The third-order valence-electron chi connectivity index (χ3n) is 2.86. The summed E-state index contributed by atoms with van der Waals surface area (Å²) in [4.78, 5) is 13.3. The molecule has 0 spiro atoms. The summed E-state index contributed by atoms with van der Waals surface area (Å²) in [6, 6.07) is 8.64. The molecule has 3 aromatic rings. The summed E-state index contributed by atoms with van der Waals surface area (Å²) in [7, 11) is -3.94. The van der Waals surface area contributed by atoms with Crippen molar-refractivity contribution in [1.29, 1.82) is 0 Å². The van der Waals surface area contributed by atoms with Crippen molar-refractivity contribution >= 4 is 50.0 Å². The number of oxazole rings is 1. The van der Waals surface area contributed by atoms with Gasteiger partial charge in [-0.15, -0.1) is 0 Å². The molecule has 114 valence electrons. The minimum Gasteiger partial charge on any atom is -0.408 e. The van der Waals surface area contributed by atoms with Crippen LogP contribution in [0.5, 0.6) is 0 Å². The maximum absolute atomic E-state index is 12.4. The van der Waals surface area contributed by atoms with Crippen molar-refractivity contribution in [3.05, 3.63) is 57.0 Å². The van der Waals surface area contributed by atoms with Crippen LogP contribution in [0.15, 0.2) is 50.5 Å². The van der Waals surface area contributed by atoms with Gasteiger partial charge in [0, 0.05) is 16.8 Å². The summed E-state index contributed by atoms with van der Waals surface area (Å²) >= 11 is 11.7. The predicted octanol–water partition coefficient (Wildman–Crippen LogP) is 3.23. The van der Waals surface area contributed by atoms with E-state index in [4.69, 9.17) is 27.6 Å². The lowest BCUT2D eigenvalue weighted by atomic mass is 10.3. The summed E-state index contributed by atoms with van der Waals surface area (Å²) in [5.41, 5.74) is 0.752. The summed E-state index contributed by atoms with van der Waals surface area (Å²) in [5.74, 6) is -0.689. The second-order valence-corrected chi connectivity index (χ2v) is 6.90. The van der Waals surface area contributed by atoms with Crippen LogP contribution in [0.4, 0.5) is 5.69 Å². The zero-order chi connectivity index (χ0) is 15.9. The zero-order valence-corrected chi connectivity index (χ0v) is 13.1. The third kappa shape index (κ3) is 2.83. The molecule has 9 heteroatoms. The van der Waals surface area contributed by atoms with E-state index in [9.17, 15) is 13.2 Å². The molecule has 6 nitrogen and oxygen atoms in total. The van der Waals surface area contributed by atoms with Crippen LogP contribution < -0.4 is 10.5 Å². The standard InChI is InChI=1S/C13H8Cl2N2O4S/c14-7-1-3-8(4-2-7)17-22(19,20)12-6-11-10(5-9(12)15)16-13(18)21-11/h1-6,17H,(H,16,18). The van der Waals surface area contributed by atoms with Gasteiger partial charge >= 0.3 is 5.76 Å². The topological polar surface area (TPSA) is 92.2 Å². The molecule has 0 saturated heterocycles. The van der Waals surface area contributed by atoms with Crippen molar-refractivity contribution in [1.82, 2.24) is 4.98 Å². The van der Waals surface area contributed by atoms with Crippen LogP contribution in [0, 0.1) is 0 Å². The molecule has 3 rings (SSSR count). The first-order valence-corrected chi connectivity index (χ1v) is 8.20. The maximum Gasteiger partial charge on any atom is 0.417 e. The fourth-order valence-corrected chi connectivity index (χ4v) is 3.61. The molecule has 0 amide bonds. The van der Waals surface area contributed by atoms with Gasteiger partial charge in [0.1, 0.15) is 4.90 Å². The van der Waals surface area contributed by atoms with E-state index in [-0.39, 0.29) is 15.5 Å². The van der Waals surface area contributed by atoms with Crippen molar-refractivity contribution in [2.24, 2.45) is 0 Å². The fraction of sp³-hybridized carbons (Fsp3) is 0. The molecule has 2 aromatic carbocycles. The SMILES string of the molecule is O=c1[nH]c2cc(Cl)c(S(=O)(=O)Nc3ccc(Cl)cc3)cc2o1. The van der Waals surface area contributed by atoms with Crippen molar-refractivity contribution in [2.45, 2.75) is 4.90 Å². The molecule has 0 bridgehead atoms. The second-order valence-electron chi connectivity index (χ2n) is 4.41. The number of hydrogen-bond donors (Lipinski definition) is 2. The van der Waals surface area contributed by atoms with E-state index in [2.05, 4.69) is 9.71 Å². The lowest BCUT2D eigenvalue weighted by Gasteiger charge is -2.09. The smallest absolute Gasteiger partial charge is 0.408 e. The van der Waals surface area contributed by atoms with Crippen molar-refractivity contribution in [3.8, 4) is 0 Å². The summed E-state index contributed by atoms with van der Waals surface area (Å²) in [6.07, 6.45) is 0. The van der Waals surface area contributed by atoms with E-state index >= 15 is 0 Å². The van der Waals surface area contributed by atoms with Crippen molar-refractivity contribution in [2.75, 3.05) is 4.72 Å². The Balaban J connectivity index is 2.06. The van der Waals surface area contributed by atoms with Gasteiger partial charge in [-0.2, -0.15) is 0 Å². The average molecular weight is 359 g/mol. The van der Waals surface area contributed by atoms with Crippen LogP contribution in [-0.4, -0.2) is 13.4 Å². The first-order chi connectivity index (χ1) is 10.3. The molecule has 0 unspecified atom stereocenters. The number of nitrogens with one attached hydrogen (secondary N) is 2. The summed E-state index contributed by atoms with van der Waals surface area (Å²) < 4.78 is 32.0.